The maximum atomic E-state index is 11.3. The van der Waals surface area contributed by atoms with Gasteiger partial charge in [0.15, 0.2) is 0 Å². The number of aryl methyl sites for hydroxylation is 1. The molecule has 0 aliphatic heterocycles. The number of benzene rings is 1. The molecule has 0 saturated carbocycles. The van der Waals surface area contributed by atoms with Crippen LogP contribution in [0.1, 0.15) is 22.3 Å². The largest absolute Gasteiger partial charge is 0.478 e. The van der Waals surface area contributed by atoms with Gasteiger partial charge in [-0.25, -0.2) is 4.79 Å². The van der Waals surface area contributed by atoms with Gasteiger partial charge in [-0.05, 0) is 31.0 Å². The van der Waals surface area contributed by atoms with Crippen molar-refractivity contribution in [1.29, 1.82) is 0 Å². The monoisotopic (exact) mass is 294 g/mol. The highest BCUT2D eigenvalue weighted by atomic mass is 35.5. The highest BCUT2D eigenvalue weighted by Gasteiger charge is 2.16. The van der Waals surface area contributed by atoms with Crippen LogP contribution in [0.5, 0.6) is 0 Å². The van der Waals surface area contributed by atoms with E-state index >= 15 is 0 Å². The van der Waals surface area contributed by atoms with Gasteiger partial charge in [0.25, 0.3) is 0 Å². The summed E-state index contributed by atoms with van der Waals surface area (Å²) in [4.78, 5) is 15.5. The average Bonchev–Trinajstić information content (AvgIpc) is 2.43. The Morgan fingerprint density at radius 2 is 2.20 bits per heavy atom. The lowest BCUT2D eigenvalue weighted by Gasteiger charge is -2.13. The van der Waals surface area contributed by atoms with Gasteiger partial charge in [0.2, 0.25) is 0 Å². The number of carboxylic acids is 1. The van der Waals surface area contributed by atoms with Crippen molar-refractivity contribution in [2.45, 2.75) is 13.3 Å². The van der Waals surface area contributed by atoms with Gasteiger partial charge in [-0.1, -0.05) is 11.6 Å². The highest BCUT2D eigenvalue weighted by molar-refractivity contribution is 6.32. The van der Waals surface area contributed by atoms with E-state index in [4.69, 9.17) is 16.7 Å². The molecule has 1 heterocycles. The zero-order valence-electron chi connectivity index (χ0n) is 11.0. The quantitative estimate of drug-likeness (QED) is 0.739. The first-order chi connectivity index (χ1) is 9.56. The Kier molecular flexibility index (Phi) is 4.42. The molecule has 6 heteroatoms. The van der Waals surface area contributed by atoms with Gasteiger partial charge in [-0.2, -0.15) is 0 Å². The minimum atomic E-state index is -1.04. The Bertz CT molecular complexity index is 658. The summed E-state index contributed by atoms with van der Waals surface area (Å²) in [6.45, 7) is 2.37. The number of aliphatic hydroxyl groups excluding tert-OH is 1. The molecule has 2 rings (SSSR count). The van der Waals surface area contributed by atoms with Gasteiger partial charge in [-0.3, -0.25) is 4.98 Å². The maximum absolute atomic E-state index is 11.3. The topological polar surface area (TPSA) is 82.5 Å². The number of hydrogen-bond acceptors (Lipinski definition) is 4. The van der Waals surface area contributed by atoms with Crippen molar-refractivity contribution < 1.29 is 15.0 Å². The molecule has 0 atom stereocenters. The molecule has 106 valence electrons. The fraction of sp³-hybridized carbons (Fsp3) is 0.286. The summed E-state index contributed by atoms with van der Waals surface area (Å²) < 4.78 is 0. The van der Waals surface area contributed by atoms with E-state index in [0.717, 1.165) is 5.56 Å². The van der Waals surface area contributed by atoms with E-state index in [9.17, 15) is 9.90 Å². The third-order valence-corrected chi connectivity index (χ3v) is 3.50. The smallest absolute Gasteiger partial charge is 0.339 e. The molecule has 3 N–H and O–H groups in total. The van der Waals surface area contributed by atoms with Gasteiger partial charge < -0.3 is 15.5 Å². The fourth-order valence-corrected chi connectivity index (χ4v) is 2.18. The van der Waals surface area contributed by atoms with Crippen LogP contribution < -0.4 is 5.32 Å². The van der Waals surface area contributed by atoms with Crippen LogP contribution in [0.25, 0.3) is 10.9 Å². The van der Waals surface area contributed by atoms with E-state index in [1.165, 1.54) is 6.20 Å². The maximum Gasteiger partial charge on any atom is 0.339 e. The number of aromatic carboxylic acids is 1. The van der Waals surface area contributed by atoms with Gasteiger partial charge in [-0.15, -0.1) is 0 Å². The van der Waals surface area contributed by atoms with Crippen LogP contribution >= 0.6 is 11.6 Å². The van der Waals surface area contributed by atoms with E-state index in [1.807, 2.05) is 6.92 Å². The van der Waals surface area contributed by atoms with Crippen LogP contribution in [-0.4, -0.2) is 34.3 Å². The third-order valence-electron chi connectivity index (χ3n) is 3.09. The van der Waals surface area contributed by atoms with E-state index in [0.29, 0.717) is 34.6 Å². The number of halogens is 1. The Labute approximate surface area is 121 Å². The SMILES string of the molecule is Cc1c(Cl)ccc2c(NCCCO)c(C(=O)O)cnc12. The van der Waals surface area contributed by atoms with Crippen molar-refractivity contribution in [3.8, 4) is 0 Å². The number of pyridine rings is 1. The summed E-state index contributed by atoms with van der Waals surface area (Å²) in [7, 11) is 0. The number of rotatable bonds is 5. The predicted molar refractivity (Wildman–Crippen MR) is 78.6 cm³/mol. The van der Waals surface area contributed by atoms with Crippen molar-refractivity contribution in [3.05, 3.63) is 34.5 Å². The summed E-state index contributed by atoms with van der Waals surface area (Å²) in [6, 6.07) is 3.48. The molecule has 5 nitrogen and oxygen atoms in total. The normalized spacial score (nSPS) is 10.8. The summed E-state index contributed by atoms with van der Waals surface area (Å²) in [5, 5.41) is 22.4. The third kappa shape index (κ3) is 2.69. The standard InChI is InChI=1S/C14H15ClN2O3/c1-8-11(15)4-3-9-12(8)17-7-10(14(19)20)13(9)16-5-2-6-18/h3-4,7,18H,2,5-6H2,1H3,(H,16,17)(H,19,20). The zero-order valence-corrected chi connectivity index (χ0v) is 11.7. The van der Waals surface area contributed by atoms with Crippen molar-refractivity contribution >= 4 is 34.2 Å². The van der Waals surface area contributed by atoms with Gasteiger partial charge in [0.1, 0.15) is 5.56 Å². The van der Waals surface area contributed by atoms with Crippen molar-refractivity contribution in [1.82, 2.24) is 4.98 Å². The first kappa shape index (κ1) is 14.6. The summed E-state index contributed by atoms with van der Waals surface area (Å²) in [5.74, 6) is -1.04. The number of fused-ring (bicyclic) bond motifs is 1. The number of anilines is 1. The number of aromatic nitrogens is 1. The van der Waals surface area contributed by atoms with Gasteiger partial charge >= 0.3 is 5.97 Å². The molecule has 0 aliphatic rings. The second kappa shape index (κ2) is 6.07. The van der Waals surface area contributed by atoms with Crippen LogP contribution in [0.4, 0.5) is 5.69 Å². The van der Waals surface area contributed by atoms with Crippen LogP contribution in [0, 0.1) is 6.92 Å². The summed E-state index contributed by atoms with van der Waals surface area (Å²) in [5.41, 5.74) is 2.10. The molecule has 0 amide bonds. The first-order valence-electron chi connectivity index (χ1n) is 6.22. The van der Waals surface area contributed by atoms with Crippen LogP contribution in [-0.2, 0) is 0 Å². The van der Waals surface area contributed by atoms with Gasteiger partial charge in [0.05, 0.1) is 11.2 Å². The lowest BCUT2D eigenvalue weighted by atomic mass is 10.1. The predicted octanol–water partition coefficient (Wildman–Crippen LogP) is 2.69. The van der Waals surface area contributed by atoms with Crippen molar-refractivity contribution in [2.75, 3.05) is 18.5 Å². The summed E-state index contributed by atoms with van der Waals surface area (Å²) in [6.07, 6.45) is 1.87. The first-order valence-corrected chi connectivity index (χ1v) is 6.60. The molecule has 0 fully saturated rings. The Balaban J connectivity index is 2.61. The minimum absolute atomic E-state index is 0.0449. The fourth-order valence-electron chi connectivity index (χ4n) is 2.03. The molecule has 0 saturated heterocycles. The number of hydrogen-bond donors (Lipinski definition) is 3. The molecule has 20 heavy (non-hydrogen) atoms. The molecule has 1 aromatic heterocycles. The Morgan fingerprint density at radius 1 is 1.45 bits per heavy atom. The highest BCUT2D eigenvalue weighted by Crippen LogP contribution is 2.31. The molecular formula is C14H15ClN2O3. The number of aliphatic hydroxyl groups is 1. The van der Waals surface area contributed by atoms with E-state index in [1.54, 1.807) is 12.1 Å². The molecular weight excluding hydrogens is 280 g/mol. The average molecular weight is 295 g/mol. The van der Waals surface area contributed by atoms with Crippen LogP contribution in [0.15, 0.2) is 18.3 Å². The van der Waals surface area contributed by atoms with Gasteiger partial charge in [0, 0.05) is 29.8 Å². The second-order valence-corrected chi connectivity index (χ2v) is 4.83. The lowest BCUT2D eigenvalue weighted by Crippen LogP contribution is -2.10. The van der Waals surface area contributed by atoms with Crippen LogP contribution in [0.3, 0.4) is 0 Å². The Morgan fingerprint density at radius 3 is 2.85 bits per heavy atom. The number of nitrogens with one attached hydrogen (secondary N) is 1. The van der Waals surface area contributed by atoms with E-state index in [2.05, 4.69) is 10.3 Å². The molecule has 0 bridgehead atoms. The number of carbonyl (C=O) groups is 1. The summed E-state index contributed by atoms with van der Waals surface area (Å²) >= 11 is 6.06. The number of carboxylic acid groups (broad SMARTS) is 1. The van der Waals surface area contributed by atoms with E-state index < -0.39 is 5.97 Å². The lowest BCUT2D eigenvalue weighted by molar-refractivity contribution is 0.0697. The van der Waals surface area contributed by atoms with Crippen molar-refractivity contribution in [3.63, 3.8) is 0 Å². The molecule has 2 aromatic rings. The van der Waals surface area contributed by atoms with Crippen LogP contribution in [0.2, 0.25) is 5.02 Å². The van der Waals surface area contributed by atoms with Crippen molar-refractivity contribution in [2.24, 2.45) is 0 Å². The minimum Gasteiger partial charge on any atom is -0.478 e. The number of nitrogens with zero attached hydrogens (tertiary/aromatic N) is 1. The molecule has 0 aliphatic carbocycles. The second-order valence-electron chi connectivity index (χ2n) is 4.42. The Hall–Kier alpha value is -1.85. The van der Waals surface area contributed by atoms with E-state index in [-0.39, 0.29) is 12.2 Å². The molecule has 0 radical (unpaired) electrons. The molecule has 0 unspecified atom stereocenters. The zero-order chi connectivity index (χ0) is 14.7. The molecule has 1 aromatic carbocycles. The molecule has 0 spiro atoms.